The second-order valence-corrected chi connectivity index (χ2v) is 4.93. The molecule has 0 spiro atoms. The third kappa shape index (κ3) is 3.18. The minimum atomic E-state index is 0.129. The van der Waals surface area contributed by atoms with Crippen molar-refractivity contribution in [1.82, 2.24) is 4.90 Å². The molecule has 90 valence electrons. The average Bonchev–Trinajstić information content (AvgIpc) is 2.30. The zero-order valence-corrected chi connectivity index (χ0v) is 10.5. The molecule has 0 unspecified atom stereocenters. The van der Waals surface area contributed by atoms with Gasteiger partial charge in [0, 0.05) is 5.54 Å². The van der Waals surface area contributed by atoms with Gasteiger partial charge in [-0.25, -0.2) is 0 Å². The molecular weight excluding hydrogens is 186 g/mol. The summed E-state index contributed by atoms with van der Waals surface area (Å²) in [6, 6.07) is 0. The van der Waals surface area contributed by atoms with Crippen LogP contribution in [-0.2, 0) is 0 Å². The van der Waals surface area contributed by atoms with E-state index in [9.17, 15) is 5.11 Å². The molecule has 0 radical (unpaired) electrons. The van der Waals surface area contributed by atoms with Crippen molar-refractivity contribution in [3.05, 3.63) is 0 Å². The van der Waals surface area contributed by atoms with Crippen LogP contribution in [0.15, 0.2) is 0 Å². The fraction of sp³-hybridized carbons (Fsp3) is 1.00. The Morgan fingerprint density at radius 2 is 1.53 bits per heavy atom. The van der Waals surface area contributed by atoms with E-state index in [1.54, 1.807) is 0 Å². The molecule has 1 aliphatic carbocycles. The van der Waals surface area contributed by atoms with E-state index in [0.717, 1.165) is 13.1 Å². The summed E-state index contributed by atoms with van der Waals surface area (Å²) in [5.41, 5.74) is 0.129. The van der Waals surface area contributed by atoms with Crippen LogP contribution < -0.4 is 0 Å². The zero-order chi connectivity index (χ0) is 11.1. The summed E-state index contributed by atoms with van der Waals surface area (Å²) in [6.07, 6.45) is 8.74. The van der Waals surface area contributed by atoms with Crippen molar-refractivity contribution < 1.29 is 5.11 Å². The molecule has 1 fully saturated rings. The van der Waals surface area contributed by atoms with Crippen LogP contribution in [0.1, 0.15) is 58.8 Å². The highest BCUT2D eigenvalue weighted by atomic mass is 16.3. The standard InChI is InChI=1S/C13H27NO/c1-3-10-14(11-4-2)13(12-15)8-6-5-7-9-13/h15H,3-12H2,1-2H3. The normalized spacial score (nSPS) is 20.8. The predicted molar refractivity (Wildman–Crippen MR) is 65.1 cm³/mol. The molecule has 0 heterocycles. The Hall–Kier alpha value is -0.0800. The van der Waals surface area contributed by atoms with Gasteiger partial charge >= 0.3 is 0 Å². The van der Waals surface area contributed by atoms with Crippen LogP contribution in [0.3, 0.4) is 0 Å². The molecule has 0 saturated heterocycles. The highest BCUT2D eigenvalue weighted by Crippen LogP contribution is 2.33. The molecule has 0 aliphatic heterocycles. The highest BCUT2D eigenvalue weighted by molar-refractivity contribution is 4.92. The second kappa shape index (κ2) is 6.49. The van der Waals surface area contributed by atoms with Crippen LogP contribution in [-0.4, -0.2) is 35.2 Å². The monoisotopic (exact) mass is 213 g/mol. The van der Waals surface area contributed by atoms with Crippen LogP contribution in [0, 0.1) is 0 Å². The quantitative estimate of drug-likeness (QED) is 0.733. The van der Waals surface area contributed by atoms with Gasteiger partial charge in [0.05, 0.1) is 6.61 Å². The van der Waals surface area contributed by atoms with Gasteiger partial charge in [0.2, 0.25) is 0 Å². The molecule has 0 aromatic carbocycles. The van der Waals surface area contributed by atoms with Crippen molar-refractivity contribution in [3.8, 4) is 0 Å². The first-order chi connectivity index (χ1) is 7.29. The lowest BCUT2D eigenvalue weighted by Crippen LogP contribution is -2.53. The lowest BCUT2D eigenvalue weighted by molar-refractivity contribution is 0.000485. The Bertz CT molecular complexity index is 158. The maximum absolute atomic E-state index is 9.72. The molecule has 0 aromatic heterocycles. The molecule has 2 nitrogen and oxygen atoms in total. The first-order valence-electron chi connectivity index (χ1n) is 6.65. The highest BCUT2D eigenvalue weighted by Gasteiger charge is 2.36. The zero-order valence-electron chi connectivity index (χ0n) is 10.5. The van der Waals surface area contributed by atoms with Crippen LogP contribution >= 0.6 is 0 Å². The summed E-state index contributed by atoms with van der Waals surface area (Å²) in [4.78, 5) is 2.55. The molecule has 0 atom stereocenters. The summed E-state index contributed by atoms with van der Waals surface area (Å²) in [5, 5.41) is 9.72. The van der Waals surface area contributed by atoms with Crippen molar-refractivity contribution in [1.29, 1.82) is 0 Å². The number of nitrogens with zero attached hydrogens (tertiary/aromatic N) is 1. The number of rotatable bonds is 6. The predicted octanol–water partition coefficient (Wildman–Crippen LogP) is 2.80. The molecule has 1 saturated carbocycles. The van der Waals surface area contributed by atoms with Crippen LogP contribution in [0.25, 0.3) is 0 Å². The molecule has 2 heteroatoms. The lowest BCUT2D eigenvalue weighted by Gasteiger charge is -2.45. The minimum Gasteiger partial charge on any atom is -0.394 e. The first kappa shape index (κ1) is 13.0. The Labute approximate surface area is 94.7 Å². The SMILES string of the molecule is CCCN(CCC)C1(CO)CCCCC1. The average molecular weight is 213 g/mol. The third-order valence-corrected chi connectivity index (χ3v) is 3.74. The van der Waals surface area contributed by atoms with E-state index < -0.39 is 0 Å². The lowest BCUT2D eigenvalue weighted by atomic mass is 9.80. The fourth-order valence-electron chi connectivity index (χ4n) is 2.91. The van der Waals surface area contributed by atoms with E-state index in [-0.39, 0.29) is 5.54 Å². The minimum absolute atomic E-state index is 0.129. The third-order valence-electron chi connectivity index (χ3n) is 3.74. The summed E-state index contributed by atoms with van der Waals surface area (Å²) in [7, 11) is 0. The maximum Gasteiger partial charge on any atom is 0.0615 e. The van der Waals surface area contributed by atoms with Gasteiger partial charge in [0.25, 0.3) is 0 Å². The van der Waals surface area contributed by atoms with E-state index in [4.69, 9.17) is 0 Å². The van der Waals surface area contributed by atoms with Gasteiger partial charge < -0.3 is 5.11 Å². The van der Waals surface area contributed by atoms with Gasteiger partial charge in [-0.15, -0.1) is 0 Å². The molecule has 15 heavy (non-hydrogen) atoms. The van der Waals surface area contributed by atoms with E-state index in [1.807, 2.05) is 0 Å². The van der Waals surface area contributed by atoms with Gasteiger partial charge in [-0.1, -0.05) is 33.1 Å². The smallest absolute Gasteiger partial charge is 0.0615 e. The Balaban J connectivity index is 2.65. The van der Waals surface area contributed by atoms with E-state index in [0.29, 0.717) is 6.61 Å². The van der Waals surface area contributed by atoms with Crippen LogP contribution in [0.4, 0.5) is 0 Å². The fourth-order valence-corrected chi connectivity index (χ4v) is 2.91. The largest absolute Gasteiger partial charge is 0.394 e. The molecule has 1 rings (SSSR count). The van der Waals surface area contributed by atoms with Crippen LogP contribution in [0.5, 0.6) is 0 Å². The number of aliphatic hydroxyl groups is 1. The second-order valence-electron chi connectivity index (χ2n) is 4.93. The first-order valence-corrected chi connectivity index (χ1v) is 6.65. The van der Waals surface area contributed by atoms with Gasteiger partial charge in [0.15, 0.2) is 0 Å². The van der Waals surface area contributed by atoms with Gasteiger partial charge in [-0.2, -0.15) is 0 Å². The van der Waals surface area contributed by atoms with Gasteiger partial charge in [-0.05, 0) is 38.8 Å². The van der Waals surface area contributed by atoms with E-state index in [2.05, 4.69) is 18.7 Å². The molecule has 1 N–H and O–H groups in total. The van der Waals surface area contributed by atoms with Crippen molar-refractivity contribution in [3.63, 3.8) is 0 Å². The maximum atomic E-state index is 9.72. The Kier molecular flexibility index (Phi) is 5.62. The Morgan fingerprint density at radius 1 is 1.00 bits per heavy atom. The van der Waals surface area contributed by atoms with Crippen molar-refractivity contribution >= 4 is 0 Å². The molecular formula is C13H27NO. The van der Waals surface area contributed by atoms with E-state index in [1.165, 1.54) is 44.9 Å². The molecule has 1 aliphatic rings. The summed E-state index contributed by atoms with van der Waals surface area (Å²) in [6.45, 7) is 7.11. The molecule has 0 bridgehead atoms. The van der Waals surface area contributed by atoms with Crippen molar-refractivity contribution in [2.75, 3.05) is 19.7 Å². The number of hydrogen-bond acceptors (Lipinski definition) is 2. The summed E-state index contributed by atoms with van der Waals surface area (Å²) < 4.78 is 0. The van der Waals surface area contributed by atoms with Crippen molar-refractivity contribution in [2.24, 2.45) is 0 Å². The van der Waals surface area contributed by atoms with E-state index >= 15 is 0 Å². The Morgan fingerprint density at radius 3 is 1.93 bits per heavy atom. The number of hydrogen-bond donors (Lipinski definition) is 1. The summed E-state index contributed by atoms with van der Waals surface area (Å²) >= 11 is 0. The van der Waals surface area contributed by atoms with Gasteiger partial charge in [-0.3, -0.25) is 4.90 Å². The number of aliphatic hydroxyl groups excluding tert-OH is 1. The molecule has 0 amide bonds. The van der Waals surface area contributed by atoms with Crippen LogP contribution in [0.2, 0.25) is 0 Å². The van der Waals surface area contributed by atoms with Crippen molar-refractivity contribution in [2.45, 2.75) is 64.3 Å². The molecule has 0 aromatic rings. The van der Waals surface area contributed by atoms with Gasteiger partial charge in [0.1, 0.15) is 0 Å². The summed E-state index contributed by atoms with van der Waals surface area (Å²) in [5.74, 6) is 0. The topological polar surface area (TPSA) is 23.5 Å².